The molecule has 2 aliphatic rings. The smallest absolute Gasteiger partial charge is 0.224 e. The van der Waals surface area contributed by atoms with Gasteiger partial charge >= 0.3 is 0 Å². The Morgan fingerprint density at radius 3 is 2.95 bits per heavy atom. The molecule has 1 aliphatic carbocycles. The molecule has 1 amide bonds. The van der Waals surface area contributed by atoms with E-state index in [1.807, 2.05) is 13.0 Å². The van der Waals surface area contributed by atoms with Crippen LogP contribution in [0.3, 0.4) is 0 Å². The molecular weight excluding hydrogens is 264 g/mol. The van der Waals surface area contributed by atoms with E-state index in [1.54, 1.807) is 0 Å². The molecule has 1 aromatic heterocycles. The van der Waals surface area contributed by atoms with Gasteiger partial charge in [0, 0.05) is 12.6 Å². The number of furan rings is 1. The summed E-state index contributed by atoms with van der Waals surface area (Å²) >= 11 is 0. The van der Waals surface area contributed by atoms with Crippen molar-refractivity contribution in [3.63, 3.8) is 0 Å². The van der Waals surface area contributed by atoms with Gasteiger partial charge in [0.25, 0.3) is 0 Å². The fraction of sp³-hybridized carbons (Fsp3) is 0.706. The highest BCUT2D eigenvalue weighted by atomic mass is 16.3. The lowest BCUT2D eigenvalue weighted by Gasteiger charge is -2.32. The number of nitrogens with zero attached hydrogens (tertiary/aromatic N) is 1. The Labute approximate surface area is 126 Å². The minimum Gasteiger partial charge on any atom is -0.465 e. The molecule has 1 saturated heterocycles. The van der Waals surface area contributed by atoms with Gasteiger partial charge in [-0.05, 0) is 51.3 Å². The normalized spacial score (nSPS) is 28.1. The van der Waals surface area contributed by atoms with Crippen molar-refractivity contribution in [1.29, 1.82) is 0 Å². The van der Waals surface area contributed by atoms with Crippen LogP contribution in [0.15, 0.2) is 16.5 Å². The van der Waals surface area contributed by atoms with Crippen LogP contribution in [0, 0.1) is 12.8 Å². The highest BCUT2D eigenvalue weighted by Crippen LogP contribution is 2.32. The molecule has 0 aromatic carbocycles. The highest BCUT2D eigenvalue weighted by molar-refractivity contribution is 5.79. The van der Waals surface area contributed by atoms with Crippen LogP contribution in [0.25, 0.3) is 0 Å². The molecule has 4 nitrogen and oxygen atoms in total. The van der Waals surface area contributed by atoms with E-state index in [4.69, 9.17) is 4.42 Å². The van der Waals surface area contributed by atoms with Gasteiger partial charge in [0.2, 0.25) is 5.91 Å². The highest BCUT2D eigenvalue weighted by Gasteiger charge is 2.37. The first kappa shape index (κ1) is 14.6. The molecule has 1 aliphatic heterocycles. The van der Waals surface area contributed by atoms with E-state index in [9.17, 15) is 4.79 Å². The number of aryl methyl sites for hydroxylation is 1. The zero-order valence-electron chi connectivity index (χ0n) is 12.9. The number of carbonyl (C=O) groups excluding carboxylic acids is 1. The first-order chi connectivity index (χ1) is 10.2. The standard InChI is InChI=1S/C17H26N2O2/c1-13-8-9-14(21-13)12-19-11-4-2-3-10-18-17(20)15-6-5-7-16(15)19/h8-9,15-16H,2-7,10-12H2,1H3,(H,18,20). The fourth-order valence-corrected chi connectivity index (χ4v) is 3.78. The number of nitrogens with one attached hydrogen (secondary N) is 1. The van der Waals surface area contributed by atoms with E-state index in [2.05, 4.69) is 16.3 Å². The van der Waals surface area contributed by atoms with E-state index in [1.165, 1.54) is 12.8 Å². The van der Waals surface area contributed by atoms with Crippen LogP contribution in [0.1, 0.15) is 50.0 Å². The predicted octanol–water partition coefficient (Wildman–Crippen LogP) is 2.86. The molecule has 116 valence electrons. The van der Waals surface area contributed by atoms with Gasteiger partial charge in [0.1, 0.15) is 11.5 Å². The van der Waals surface area contributed by atoms with Gasteiger partial charge in [-0.15, -0.1) is 0 Å². The van der Waals surface area contributed by atoms with Gasteiger partial charge in [-0.2, -0.15) is 0 Å². The third-order valence-corrected chi connectivity index (χ3v) is 4.86. The molecule has 3 rings (SSSR count). The van der Waals surface area contributed by atoms with Crippen molar-refractivity contribution >= 4 is 5.91 Å². The summed E-state index contributed by atoms with van der Waals surface area (Å²) in [6.45, 7) is 4.74. The van der Waals surface area contributed by atoms with Crippen LogP contribution in [-0.2, 0) is 11.3 Å². The van der Waals surface area contributed by atoms with Gasteiger partial charge in [-0.25, -0.2) is 0 Å². The average Bonchev–Trinajstić information content (AvgIpc) is 3.09. The van der Waals surface area contributed by atoms with Crippen molar-refractivity contribution in [2.24, 2.45) is 5.92 Å². The molecule has 21 heavy (non-hydrogen) atoms. The Bertz CT molecular complexity index is 483. The maximum Gasteiger partial charge on any atom is 0.224 e. The summed E-state index contributed by atoms with van der Waals surface area (Å²) in [5, 5.41) is 3.12. The Hall–Kier alpha value is -1.29. The topological polar surface area (TPSA) is 45.5 Å². The second-order valence-corrected chi connectivity index (χ2v) is 6.44. The number of hydrogen-bond donors (Lipinski definition) is 1. The van der Waals surface area contributed by atoms with Gasteiger partial charge in [0.05, 0.1) is 12.5 Å². The van der Waals surface area contributed by atoms with E-state index >= 15 is 0 Å². The van der Waals surface area contributed by atoms with E-state index in [-0.39, 0.29) is 11.8 Å². The monoisotopic (exact) mass is 290 g/mol. The van der Waals surface area contributed by atoms with Crippen molar-refractivity contribution < 1.29 is 9.21 Å². The molecule has 4 heteroatoms. The maximum absolute atomic E-state index is 12.4. The van der Waals surface area contributed by atoms with Crippen LogP contribution in [0.4, 0.5) is 0 Å². The first-order valence-electron chi connectivity index (χ1n) is 8.31. The number of hydrogen-bond acceptors (Lipinski definition) is 3. The number of fused-ring (bicyclic) bond motifs is 1. The van der Waals surface area contributed by atoms with Gasteiger partial charge < -0.3 is 9.73 Å². The van der Waals surface area contributed by atoms with E-state index in [0.717, 1.165) is 56.8 Å². The minimum atomic E-state index is 0.166. The van der Waals surface area contributed by atoms with Gasteiger partial charge in [0.15, 0.2) is 0 Å². The Morgan fingerprint density at radius 1 is 1.24 bits per heavy atom. The van der Waals surface area contributed by atoms with Crippen molar-refractivity contribution in [1.82, 2.24) is 10.2 Å². The maximum atomic E-state index is 12.4. The van der Waals surface area contributed by atoms with Gasteiger partial charge in [-0.1, -0.05) is 12.8 Å². The molecule has 2 unspecified atom stereocenters. The summed E-state index contributed by atoms with van der Waals surface area (Å²) in [6, 6.07) is 4.47. The van der Waals surface area contributed by atoms with Crippen LogP contribution in [0.2, 0.25) is 0 Å². The summed E-state index contributed by atoms with van der Waals surface area (Å²) in [7, 11) is 0. The van der Waals surface area contributed by atoms with E-state index in [0.29, 0.717) is 6.04 Å². The molecule has 0 spiro atoms. The van der Waals surface area contributed by atoms with Crippen LogP contribution < -0.4 is 5.32 Å². The van der Waals surface area contributed by atoms with Crippen molar-refractivity contribution in [3.8, 4) is 0 Å². The molecule has 2 heterocycles. The summed E-state index contributed by atoms with van der Waals surface area (Å²) in [6.07, 6.45) is 6.82. The Kier molecular flexibility index (Phi) is 4.63. The molecule has 1 N–H and O–H groups in total. The number of rotatable bonds is 2. The zero-order valence-corrected chi connectivity index (χ0v) is 12.9. The minimum absolute atomic E-state index is 0.166. The third-order valence-electron chi connectivity index (χ3n) is 4.86. The summed E-state index contributed by atoms with van der Waals surface area (Å²) in [5.41, 5.74) is 0. The third kappa shape index (κ3) is 3.49. The first-order valence-corrected chi connectivity index (χ1v) is 8.31. The quantitative estimate of drug-likeness (QED) is 0.911. The van der Waals surface area contributed by atoms with Crippen molar-refractivity contribution in [2.75, 3.05) is 13.1 Å². The van der Waals surface area contributed by atoms with Gasteiger partial charge in [-0.3, -0.25) is 9.69 Å². The SMILES string of the molecule is Cc1ccc(CN2CCCCCNC(=O)C3CCCC32)o1. The second-order valence-electron chi connectivity index (χ2n) is 6.44. The Morgan fingerprint density at radius 2 is 2.14 bits per heavy atom. The molecule has 0 bridgehead atoms. The second kappa shape index (κ2) is 6.65. The van der Waals surface area contributed by atoms with Crippen LogP contribution in [-0.4, -0.2) is 29.9 Å². The molecule has 1 aromatic rings. The lowest BCUT2D eigenvalue weighted by atomic mass is 9.99. The fourth-order valence-electron chi connectivity index (χ4n) is 3.78. The Balaban J connectivity index is 1.75. The van der Waals surface area contributed by atoms with E-state index < -0.39 is 0 Å². The van der Waals surface area contributed by atoms with Crippen LogP contribution in [0.5, 0.6) is 0 Å². The zero-order chi connectivity index (χ0) is 14.7. The lowest BCUT2D eigenvalue weighted by Crippen LogP contribution is -2.45. The lowest BCUT2D eigenvalue weighted by molar-refractivity contribution is -0.126. The molecule has 2 fully saturated rings. The van der Waals surface area contributed by atoms with Crippen LogP contribution >= 0.6 is 0 Å². The van der Waals surface area contributed by atoms with Crippen molar-refractivity contribution in [3.05, 3.63) is 23.7 Å². The molecular formula is C17H26N2O2. The number of amides is 1. The molecule has 0 radical (unpaired) electrons. The molecule has 2 atom stereocenters. The number of carbonyl (C=O) groups is 1. The summed E-state index contributed by atoms with van der Waals surface area (Å²) < 4.78 is 5.75. The summed E-state index contributed by atoms with van der Waals surface area (Å²) in [5.74, 6) is 2.42. The largest absolute Gasteiger partial charge is 0.465 e. The average molecular weight is 290 g/mol. The van der Waals surface area contributed by atoms with Crippen molar-refractivity contribution in [2.45, 2.75) is 58.0 Å². The molecule has 1 saturated carbocycles. The predicted molar refractivity (Wildman–Crippen MR) is 81.8 cm³/mol. The summed E-state index contributed by atoms with van der Waals surface area (Å²) in [4.78, 5) is 14.8.